The van der Waals surface area contributed by atoms with E-state index in [2.05, 4.69) is 0 Å². The fourth-order valence-electron chi connectivity index (χ4n) is 1.88. The predicted octanol–water partition coefficient (Wildman–Crippen LogP) is 4.04. The van der Waals surface area contributed by atoms with E-state index in [0.29, 0.717) is 17.7 Å². The number of methoxy groups -OCH3 is 1. The number of hydrogen-bond donors (Lipinski definition) is 0. The van der Waals surface area contributed by atoms with Crippen molar-refractivity contribution in [2.75, 3.05) is 7.11 Å². The zero-order chi connectivity index (χ0) is 15.7. The third kappa shape index (κ3) is 3.96. The van der Waals surface area contributed by atoms with Gasteiger partial charge in [0.05, 0.1) is 12.0 Å². The Hall–Kier alpha value is -1.57. The summed E-state index contributed by atoms with van der Waals surface area (Å²) in [6, 6.07) is 2.12. The molecular formula is C12H16F3NO3Si. The number of nitrogens with zero attached hydrogens (tertiary/aromatic N) is 1. The van der Waals surface area contributed by atoms with Gasteiger partial charge in [-0.2, -0.15) is 13.2 Å². The van der Waals surface area contributed by atoms with Crippen molar-refractivity contribution in [3.05, 3.63) is 33.4 Å². The van der Waals surface area contributed by atoms with E-state index in [4.69, 9.17) is 4.74 Å². The van der Waals surface area contributed by atoms with Gasteiger partial charge >= 0.3 is 6.18 Å². The zero-order valence-corrected chi connectivity index (χ0v) is 12.7. The molecule has 0 heterocycles. The van der Waals surface area contributed by atoms with Gasteiger partial charge in [-0.05, 0) is 12.1 Å². The Balaban J connectivity index is 3.50. The average Bonchev–Trinajstić information content (AvgIpc) is 2.24. The van der Waals surface area contributed by atoms with E-state index in [0.717, 1.165) is 13.2 Å². The van der Waals surface area contributed by atoms with Crippen LogP contribution in [-0.2, 0) is 12.2 Å². The van der Waals surface area contributed by atoms with E-state index < -0.39 is 30.4 Å². The van der Waals surface area contributed by atoms with Crippen LogP contribution in [0, 0.1) is 10.1 Å². The average molecular weight is 307 g/mol. The van der Waals surface area contributed by atoms with E-state index in [1.54, 1.807) is 0 Å². The highest BCUT2D eigenvalue weighted by Gasteiger charge is 2.37. The highest BCUT2D eigenvalue weighted by Crippen LogP contribution is 2.40. The molecule has 0 atom stereocenters. The third-order valence-electron chi connectivity index (χ3n) is 2.62. The molecule has 0 aliphatic heterocycles. The van der Waals surface area contributed by atoms with Crippen LogP contribution in [0.2, 0.25) is 19.6 Å². The topological polar surface area (TPSA) is 52.4 Å². The van der Waals surface area contributed by atoms with E-state index in [9.17, 15) is 23.3 Å². The fraction of sp³-hybridized carbons (Fsp3) is 0.500. The second kappa shape index (κ2) is 5.43. The minimum atomic E-state index is -4.69. The van der Waals surface area contributed by atoms with Crippen molar-refractivity contribution in [3.8, 4) is 5.75 Å². The van der Waals surface area contributed by atoms with Crippen molar-refractivity contribution in [2.24, 2.45) is 0 Å². The van der Waals surface area contributed by atoms with Crippen LogP contribution in [0.1, 0.15) is 11.1 Å². The molecule has 0 N–H and O–H groups in total. The van der Waals surface area contributed by atoms with Crippen LogP contribution >= 0.6 is 0 Å². The summed E-state index contributed by atoms with van der Waals surface area (Å²) in [6.45, 7) is 5.96. The lowest BCUT2D eigenvalue weighted by Gasteiger charge is -2.18. The summed E-state index contributed by atoms with van der Waals surface area (Å²) in [5.41, 5.74) is -1.33. The number of nitro groups is 1. The molecular weight excluding hydrogens is 291 g/mol. The summed E-state index contributed by atoms with van der Waals surface area (Å²) < 4.78 is 43.3. The lowest BCUT2D eigenvalue weighted by atomic mass is 10.1. The van der Waals surface area contributed by atoms with Gasteiger partial charge in [-0.1, -0.05) is 19.6 Å². The molecule has 0 saturated heterocycles. The lowest BCUT2D eigenvalue weighted by molar-refractivity contribution is -0.385. The largest absolute Gasteiger partial charge is 0.496 e. The maximum Gasteiger partial charge on any atom is 0.420 e. The van der Waals surface area contributed by atoms with E-state index in [1.807, 2.05) is 19.6 Å². The SMILES string of the molecule is COc1cc(C[Si](C)(C)C)c([N+](=O)[O-])cc1C(F)(F)F. The molecule has 0 bridgehead atoms. The minimum absolute atomic E-state index is 0.291. The molecule has 4 nitrogen and oxygen atoms in total. The van der Waals surface area contributed by atoms with Crippen molar-refractivity contribution < 1.29 is 22.8 Å². The van der Waals surface area contributed by atoms with Gasteiger partial charge in [-0.25, -0.2) is 0 Å². The molecule has 0 aliphatic rings. The molecule has 0 spiro atoms. The van der Waals surface area contributed by atoms with Crippen molar-refractivity contribution in [3.63, 3.8) is 0 Å². The van der Waals surface area contributed by atoms with Gasteiger partial charge < -0.3 is 4.74 Å². The zero-order valence-electron chi connectivity index (χ0n) is 11.7. The number of hydrogen-bond acceptors (Lipinski definition) is 3. The Morgan fingerprint density at radius 1 is 1.30 bits per heavy atom. The first kappa shape index (κ1) is 16.5. The van der Waals surface area contributed by atoms with Gasteiger partial charge in [0, 0.05) is 19.7 Å². The molecule has 20 heavy (non-hydrogen) atoms. The highest BCUT2D eigenvalue weighted by atomic mass is 28.3. The standard InChI is InChI=1S/C12H16F3NO3Si/c1-19-11-5-8(7-20(2,3)4)10(16(17)18)6-9(11)12(13,14)15/h5-6H,7H2,1-4H3. The monoisotopic (exact) mass is 307 g/mol. The van der Waals surface area contributed by atoms with E-state index in [-0.39, 0.29) is 5.75 Å². The summed E-state index contributed by atoms with van der Waals surface area (Å²) in [7, 11) is -0.596. The van der Waals surface area contributed by atoms with Crippen LogP contribution in [0.5, 0.6) is 5.75 Å². The number of benzene rings is 1. The lowest BCUT2D eigenvalue weighted by Crippen LogP contribution is -2.24. The maximum atomic E-state index is 12.9. The predicted molar refractivity (Wildman–Crippen MR) is 71.7 cm³/mol. The van der Waals surface area contributed by atoms with Crippen LogP contribution in [0.4, 0.5) is 18.9 Å². The van der Waals surface area contributed by atoms with Gasteiger partial charge in [0.15, 0.2) is 0 Å². The molecule has 1 aromatic rings. The second-order valence-corrected chi connectivity index (χ2v) is 11.1. The van der Waals surface area contributed by atoms with Crippen molar-refractivity contribution >= 4 is 13.8 Å². The Bertz CT molecular complexity index is 524. The Morgan fingerprint density at radius 3 is 2.20 bits per heavy atom. The molecule has 1 rings (SSSR count). The molecule has 0 amide bonds. The Morgan fingerprint density at radius 2 is 1.85 bits per heavy atom. The molecule has 8 heteroatoms. The van der Waals surface area contributed by atoms with Crippen LogP contribution in [-0.4, -0.2) is 20.1 Å². The first-order valence-electron chi connectivity index (χ1n) is 5.88. The minimum Gasteiger partial charge on any atom is -0.496 e. The smallest absolute Gasteiger partial charge is 0.420 e. The highest BCUT2D eigenvalue weighted by molar-refractivity contribution is 6.75. The molecule has 112 valence electrons. The molecule has 0 fully saturated rings. The van der Waals surface area contributed by atoms with E-state index >= 15 is 0 Å². The quantitative estimate of drug-likeness (QED) is 0.479. The molecule has 0 saturated carbocycles. The number of rotatable bonds is 4. The van der Waals surface area contributed by atoms with Crippen LogP contribution in [0.25, 0.3) is 0 Å². The summed E-state index contributed by atoms with van der Waals surface area (Å²) in [4.78, 5) is 10.2. The molecule has 0 aromatic heterocycles. The molecule has 1 aromatic carbocycles. The fourth-order valence-corrected chi connectivity index (χ4v) is 3.31. The summed E-state index contributed by atoms with van der Waals surface area (Å²) in [6.07, 6.45) is -4.69. The number of nitro benzene ring substituents is 1. The van der Waals surface area contributed by atoms with Gasteiger partial charge in [0.2, 0.25) is 0 Å². The third-order valence-corrected chi connectivity index (χ3v) is 4.07. The normalized spacial score (nSPS) is 12.3. The summed E-state index contributed by atoms with van der Waals surface area (Å²) >= 11 is 0. The van der Waals surface area contributed by atoms with Crippen LogP contribution in [0.3, 0.4) is 0 Å². The maximum absolute atomic E-state index is 12.9. The molecule has 0 unspecified atom stereocenters. The van der Waals surface area contributed by atoms with Gasteiger partial charge in [0.25, 0.3) is 5.69 Å². The number of alkyl halides is 3. The summed E-state index contributed by atoms with van der Waals surface area (Å²) in [5.74, 6) is -0.378. The van der Waals surface area contributed by atoms with Crippen molar-refractivity contribution in [1.82, 2.24) is 0 Å². The number of halogens is 3. The summed E-state index contributed by atoms with van der Waals surface area (Å²) in [5, 5.41) is 11.0. The van der Waals surface area contributed by atoms with Gasteiger partial charge in [0.1, 0.15) is 11.3 Å². The van der Waals surface area contributed by atoms with Crippen LogP contribution in [0.15, 0.2) is 12.1 Å². The van der Waals surface area contributed by atoms with Gasteiger partial charge in [-0.15, -0.1) is 0 Å². The Kier molecular flexibility index (Phi) is 4.48. The Labute approximate surface area is 115 Å². The first-order chi connectivity index (χ1) is 8.95. The van der Waals surface area contributed by atoms with Crippen molar-refractivity contribution in [1.29, 1.82) is 0 Å². The number of ether oxygens (including phenoxy) is 1. The first-order valence-corrected chi connectivity index (χ1v) is 9.59. The van der Waals surface area contributed by atoms with Gasteiger partial charge in [-0.3, -0.25) is 10.1 Å². The molecule has 0 radical (unpaired) electrons. The van der Waals surface area contributed by atoms with Crippen molar-refractivity contribution in [2.45, 2.75) is 31.9 Å². The van der Waals surface area contributed by atoms with Crippen LogP contribution < -0.4 is 4.74 Å². The van der Waals surface area contributed by atoms with E-state index in [1.165, 1.54) is 0 Å². The second-order valence-electron chi connectivity index (χ2n) is 5.67. The molecule has 0 aliphatic carbocycles.